The van der Waals surface area contributed by atoms with Gasteiger partial charge in [-0.3, -0.25) is 4.90 Å². The number of β-amino-alcohol motifs (C(OH)–C–C–N with tert-alkyl or cyclic N) is 1. The molecule has 0 bridgehead atoms. The van der Waals surface area contributed by atoms with Gasteiger partial charge in [-0.1, -0.05) is 13.8 Å². The molecule has 1 fully saturated rings. The second-order valence-electron chi connectivity index (χ2n) is 5.41. The molecule has 1 aromatic rings. The lowest BCUT2D eigenvalue weighted by atomic mass is 10.1. The summed E-state index contributed by atoms with van der Waals surface area (Å²) < 4.78 is 0. The first-order valence-corrected chi connectivity index (χ1v) is 7.04. The van der Waals surface area contributed by atoms with Crippen molar-refractivity contribution in [1.82, 2.24) is 14.9 Å². The number of aliphatic hydroxyl groups is 1. The maximum absolute atomic E-state index is 8.96. The van der Waals surface area contributed by atoms with Crippen molar-refractivity contribution < 1.29 is 5.11 Å². The summed E-state index contributed by atoms with van der Waals surface area (Å²) >= 11 is 0. The number of piperazine rings is 1. The molecule has 2 rings (SSSR count). The van der Waals surface area contributed by atoms with E-state index in [2.05, 4.69) is 39.7 Å². The predicted molar refractivity (Wildman–Crippen MR) is 76.6 cm³/mol. The molecule has 19 heavy (non-hydrogen) atoms. The molecule has 106 valence electrons. The van der Waals surface area contributed by atoms with Crippen LogP contribution in [0.2, 0.25) is 0 Å². The van der Waals surface area contributed by atoms with Crippen molar-refractivity contribution in [1.29, 1.82) is 0 Å². The van der Waals surface area contributed by atoms with E-state index in [0.29, 0.717) is 5.92 Å². The van der Waals surface area contributed by atoms with Crippen LogP contribution in [0.4, 0.5) is 5.82 Å². The molecule has 0 radical (unpaired) electrons. The number of nitrogens with zero attached hydrogens (tertiary/aromatic N) is 4. The number of hydrogen-bond acceptors (Lipinski definition) is 5. The van der Waals surface area contributed by atoms with Crippen molar-refractivity contribution in [3.63, 3.8) is 0 Å². The van der Waals surface area contributed by atoms with Gasteiger partial charge in [0.25, 0.3) is 0 Å². The van der Waals surface area contributed by atoms with Crippen LogP contribution in [0.5, 0.6) is 0 Å². The van der Waals surface area contributed by atoms with Crippen LogP contribution in [-0.4, -0.2) is 59.3 Å². The highest BCUT2D eigenvalue weighted by Gasteiger charge is 2.18. The molecule has 1 aromatic heterocycles. The zero-order chi connectivity index (χ0) is 13.8. The second-order valence-corrected chi connectivity index (χ2v) is 5.41. The highest BCUT2D eigenvalue weighted by molar-refractivity contribution is 5.41. The Kier molecular flexibility index (Phi) is 4.71. The van der Waals surface area contributed by atoms with Gasteiger partial charge in [0, 0.05) is 44.5 Å². The normalized spacial score (nSPS) is 17.2. The largest absolute Gasteiger partial charge is 0.395 e. The molecule has 0 spiro atoms. The van der Waals surface area contributed by atoms with Crippen LogP contribution in [0.15, 0.2) is 6.07 Å². The molecule has 1 aliphatic heterocycles. The van der Waals surface area contributed by atoms with Crippen molar-refractivity contribution in [2.45, 2.75) is 26.7 Å². The average molecular weight is 264 g/mol. The lowest BCUT2D eigenvalue weighted by molar-refractivity contribution is 0.188. The zero-order valence-corrected chi connectivity index (χ0v) is 12.1. The minimum Gasteiger partial charge on any atom is -0.395 e. The molecule has 0 amide bonds. The lowest BCUT2D eigenvalue weighted by Gasteiger charge is -2.35. The number of aryl methyl sites for hydroxylation is 1. The molecule has 1 saturated heterocycles. The molecule has 1 N–H and O–H groups in total. The molecular weight excluding hydrogens is 240 g/mol. The monoisotopic (exact) mass is 264 g/mol. The summed E-state index contributed by atoms with van der Waals surface area (Å²) in [5.41, 5.74) is 1.11. The van der Waals surface area contributed by atoms with Crippen molar-refractivity contribution in [2.75, 3.05) is 44.2 Å². The Hall–Kier alpha value is -1.20. The van der Waals surface area contributed by atoms with Crippen LogP contribution in [0.25, 0.3) is 0 Å². The Morgan fingerprint density at radius 2 is 1.89 bits per heavy atom. The highest BCUT2D eigenvalue weighted by Crippen LogP contribution is 2.19. The number of aromatic nitrogens is 2. The SMILES string of the molecule is Cc1nc(C(C)C)cc(N2CCN(CCO)CC2)n1. The molecule has 0 atom stereocenters. The molecule has 2 heterocycles. The van der Waals surface area contributed by atoms with E-state index in [4.69, 9.17) is 5.11 Å². The van der Waals surface area contributed by atoms with Gasteiger partial charge in [-0.2, -0.15) is 0 Å². The molecule has 0 aromatic carbocycles. The van der Waals surface area contributed by atoms with Gasteiger partial charge in [0.1, 0.15) is 11.6 Å². The first-order valence-electron chi connectivity index (χ1n) is 7.04. The van der Waals surface area contributed by atoms with E-state index in [1.165, 1.54) is 0 Å². The third-order valence-electron chi connectivity index (χ3n) is 3.55. The summed E-state index contributed by atoms with van der Waals surface area (Å²) in [7, 11) is 0. The first-order chi connectivity index (χ1) is 9.10. The van der Waals surface area contributed by atoms with E-state index in [0.717, 1.165) is 50.1 Å². The Balaban J connectivity index is 2.06. The number of aliphatic hydroxyl groups excluding tert-OH is 1. The van der Waals surface area contributed by atoms with E-state index in [1.54, 1.807) is 0 Å². The predicted octanol–water partition coefficient (Wildman–Crippen LogP) is 1.02. The fourth-order valence-corrected chi connectivity index (χ4v) is 2.37. The third kappa shape index (κ3) is 3.64. The van der Waals surface area contributed by atoms with Crippen LogP contribution in [0, 0.1) is 6.92 Å². The van der Waals surface area contributed by atoms with Gasteiger partial charge >= 0.3 is 0 Å². The smallest absolute Gasteiger partial charge is 0.132 e. The van der Waals surface area contributed by atoms with Gasteiger partial charge in [-0.05, 0) is 12.8 Å². The number of anilines is 1. The van der Waals surface area contributed by atoms with Crippen molar-refractivity contribution in [3.05, 3.63) is 17.6 Å². The van der Waals surface area contributed by atoms with Crippen LogP contribution in [-0.2, 0) is 0 Å². The van der Waals surface area contributed by atoms with E-state index in [1.807, 2.05) is 6.92 Å². The molecule has 5 nitrogen and oxygen atoms in total. The minimum absolute atomic E-state index is 0.240. The fourth-order valence-electron chi connectivity index (χ4n) is 2.37. The summed E-state index contributed by atoms with van der Waals surface area (Å²) in [6, 6.07) is 2.11. The quantitative estimate of drug-likeness (QED) is 0.880. The van der Waals surface area contributed by atoms with E-state index in [9.17, 15) is 0 Å². The van der Waals surface area contributed by atoms with Crippen LogP contribution in [0.1, 0.15) is 31.3 Å². The summed E-state index contributed by atoms with van der Waals surface area (Å²) in [4.78, 5) is 13.6. The van der Waals surface area contributed by atoms with Gasteiger partial charge in [-0.25, -0.2) is 9.97 Å². The molecule has 0 saturated carbocycles. The third-order valence-corrected chi connectivity index (χ3v) is 3.55. The molecule has 0 unspecified atom stereocenters. The molecule has 0 aliphatic carbocycles. The van der Waals surface area contributed by atoms with Gasteiger partial charge in [0.2, 0.25) is 0 Å². The maximum Gasteiger partial charge on any atom is 0.132 e. The van der Waals surface area contributed by atoms with Crippen LogP contribution >= 0.6 is 0 Å². The molecular formula is C14H24N4O. The van der Waals surface area contributed by atoms with E-state index >= 15 is 0 Å². The van der Waals surface area contributed by atoms with Crippen molar-refractivity contribution in [3.8, 4) is 0 Å². The minimum atomic E-state index is 0.240. The summed E-state index contributed by atoms with van der Waals surface area (Å²) in [6.07, 6.45) is 0. The van der Waals surface area contributed by atoms with Crippen molar-refractivity contribution >= 4 is 5.82 Å². The van der Waals surface area contributed by atoms with Crippen LogP contribution in [0.3, 0.4) is 0 Å². The Labute approximate surface area is 115 Å². The topological polar surface area (TPSA) is 52.5 Å². The van der Waals surface area contributed by atoms with E-state index < -0.39 is 0 Å². The standard InChI is InChI=1S/C14H24N4O/c1-11(2)13-10-14(16-12(3)15-13)18-6-4-17(5-7-18)8-9-19/h10-11,19H,4-9H2,1-3H3. The summed E-state index contributed by atoms with van der Waals surface area (Å²) in [6.45, 7) is 11.2. The zero-order valence-electron chi connectivity index (χ0n) is 12.1. The maximum atomic E-state index is 8.96. The van der Waals surface area contributed by atoms with Gasteiger partial charge in [0.05, 0.1) is 6.61 Å². The van der Waals surface area contributed by atoms with Gasteiger partial charge in [0.15, 0.2) is 0 Å². The lowest BCUT2D eigenvalue weighted by Crippen LogP contribution is -2.47. The van der Waals surface area contributed by atoms with Crippen LogP contribution < -0.4 is 4.90 Å². The second kappa shape index (κ2) is 6.30. The average Bonchev–Trinajstić information content (AvgIpc) is 2.39. The Morgan fingerprint density at radius 1 is 1.21 bits per heavy atom. The van der Waals surface area contributed by atoms with E-state index in [-0.39, 0.29) is 6.61 Å². The summed E-state index contributed by atoms with van der Waals surface area (Å²) in [5, 5.41) is 8.96. The summed E-state index contributed by atoms with van der Waals surface area (Å²) in [5.74, 6) is 2.31. The Morgan fingerprint density at radius 3 is 2.47 bits per heavy atom. The molecule has 1 aliphatic rings. The van der Waals surface area contributed by atoms with Gasteiger partial charge < -0.3 is 10.0 Å². The van der Waals surface area contributed by atoms with Crippen molar-refractivity contribution in [2.24, 2.45) is 0 Å². The fraction of sp³-hybridized carbons (Fsp3) is 0.714. The Bertz CT molecular complexity index is 414. The number of rotatable bonds is 4. The van der Waals surface area contributed by atoms with Gasteiger partial charge in [-0.15, -0.1) is 0 Å². The molecule has 5 heteroatoms. The first kappa shape index (κ1) is 14.2. The highest BCUT2D eigenvalue weighted by atomic mass is 16.3. The number of hydrogen-bond donors (Lipinski definition) is 1.